The van der Waals surface area contributed by atoms with Gasteiger partial charge in [0.25, 0.3) is 0 Å². The van der Waals surface area contributed by atoms with Crippen molar-refractivity contribution in [3.05, 3.63) is 47.0 Å². The molecule has 0 aliphatic carbocycles. The summed E-state index contributed by atoms with van der Waals surface area (Å²) in [6.45, 7) is 9.71. The molecular weight excluding hydrogens is 448 g/mol. The van der Waals surface area contributed by atoms with Gasteiger partial charge in [0.15, 0.2) is 0 Å². The zero-order valence-electron chi connectivity index (χ0n) is 20.0. The molecular formula is C25H30N6O2S. The molecule has 0 saturated carbocycles. The summed E-state index contributed by atoms with van der Waals surface area (Å²) in [4.78, 5) is 6.59. The lowest BCUT2D eigenvalue weighted by Crippen LogP contribution is -2.47. The molecule has 5 rings (SSSR count). The van der Waals surface area contributed by atoms with Gasteiger partial charge in [-0.05, 0) is 49.6 Å². The van der Waals surface area contributed by atoms with Crippen LogP contribution in [-0.4, -0.2) is 73.8 Å². The fraction of sp³-hybridized carbons (Fsp3) is 0.440. The third kappa shape index (κ3) is 4.24. The summed E-state index contributed by atoms with van der Waals surface area (Å²) < 4.78 is 26.3. The first-order valence-electron chi connectivity index (χ1n) is 11.7. The van der Waals surface area contributed by atoms with Crippen LogP contribution >= 0.6 is 0 Å². The van der Waals surface area contributed by atoms with Crippen LogP contribution in [0.4, 0.5) is 11.4 Å². The molecule has 3 heterocycles. The predicted molar refractivity (Wildman–Crippen MR) is 136 cm³/mol. The van der Waals surface area contributed by atoms with Gasteiger partial charge in [0.2, 0.25) is 10.0 Å². The van der Waals surface area contributed by atoms with Crippen molar-refractivity contribution in [2.45, 2.75) is 26.8 Å². The molecule has 8 nitrogen and oxygen atoms in total. The zero-order valence-corrected chi connectivity index (χ0v) is 20.8. The number of fused-ring (bicyclic) bond motifs is 2. The second-order valence-corrected chi connectivity index (χ2v) is 10.9. The van der Waals surface area contributed by atoms with Gasteiger partial charge in [0.05, 0.1) is 18.5 Å². The van der Waals surface area contributed by atoms with E-state index in [1.54, 1.807) is 4.80 Å². The van der Waals surface area contributed by atoms with Gasteiger partial charge >= 0.3 is 0 Å². The molecule has 9 heteroatoms. The lowest BCUT2D eigenvalue weighted by molar-refractivity contribution is 0.240. The van der Waals surface area contributed by atoms with Gasteiger partial charge in [-0.3, -0.25) is 9.21 Å². The maximum Gasteiger partial charge on any atom is 0.232 e. The summed E-state index contributed by atoms with van der Waals surface area (Å²) in [5.41, 5.74) is 6.91. The van der Waals surface area contributed by atoms with Crippen molar-refractivity contribution in [2.75, 3.05) is 54.7 Å². The van der Waals surface area contributed by atoms with Crippen LogP contribution in [0.2, 0.25) is 0 Å². The molecule has 0 spiro atoms. The SMILES string of the molecule is CC#Cc1c(C)c(N2CCN(CCn3nc4ccccc4n3)CC2)cc2c1CCN2S(C)(=O)=O. The minimum atomic E-state index is -3.32. The first-order valence-corrected chi connectivity index (χ1v) is 13.5. The molecule has 1 saturated heterocycles. The van der Waals surface area contributed by atoms with E-state index in [0.29, 0.717) is 13.0 Å². The first kappa shape index (κ1) is 22.7. The van der Waals surface area contributed by atoms with Gasteiger partial charge < -0.3 is 4.90 Å². The van der Waals surface area contributed by atoms with E-state index in [1.807, 2.05) is 31.2 Å². The second-order valence-electron chi connectivity index (χ2n) is 8.97. The highest BCUT2D eigenvalue weighted by molar-refractivity contribution is 7.92. The van der Waals surface area contributed by atoms with E-state index in [0.717, 1.165) is 78.4 Å². The number of aromatic nitrogens is 3. The van der Waals surface area contributed by atoms with Crippen LogP contribution in [0.3, 0.4) is 0 Å². The number of sulfonamides is 1. The summed E-state index contributed by atoms with van der Waals surface area (Å²) in [5.74, 6) is 6.29. The number of anilines is 2. The molecule has 0 bridgehead atoms. The summed E-state index contributed by atoms with van der Waals surface area (Å²) in [5, 5.41) is 9.12. The van der Waals surface area contributed by atoms with E-state index in [-0.39, 0.29) is 0 Å². The Bertz CT molecular complexity index is 1360. The van der Waals surface area contributed by atoms with E-state index in [2.05, 4.69) is 44.8 Å². The first-order chi connectivity index (χ1) is 16.3. The highest BCUT2D eigenvalue weighted by Crippen LogP contribution is 2.39. The van der Waals surface area contributed by atoms with Gasteiger partial charge in [-0.25, -0.2) is 8.42 Å². The van der Waals surface area contributed by atoms with Crippen molar-refractivity contribution < 1.29 is 8.42 Å². The summed E-state index contributed by atoms with van der Waals surface area (Å²) in [7, 11) is -3.32. The molecule has 1 fully saturated rings. The average molecular weight is 479 g/mol. The maximum atomic E-state index is 12.4. The van der Waals surface area contributed by atoms with Crippen LogP contribution in [-0.2, 0) is 23.0 Å². The summed E-state index contributed by atoms with van der Waals surface area (Å²) >= 11 is 0. The van der Waals surface area contributed by atoms with Crippen LogP contribution in [0.25, 0.3) is 11.0 Å². The Morgan fingerprint density at radius 3 is 2.26 bits per heavy atom. The Labute approximate surface area is 201 Å². The van der Waals surface area contributed by atoms with E-state index in [4.69, 9.17) is 0 Å². The second kappa shape index (κ2) is 8.93. The Hall–Kier alpha value is -3.09. The van der Waals surface area contributed by atoms with E-state index in [9.17, 15) is 8.42 Å². The lowest BCUT2D eigenvalue weighted by atomic mass is 9.97. The highest BCUT2D eigenvalue weighted by atomic mass is 32.2. The van der Waals surface area contributed by atoms with Gasteiger partial charge in [0, 0.05) is 50.5 Å². The standard InChI is InChI=1S/C25H30N6O2S/c1-4-7-20-19(2)24(18-25-21(20)10-11-30(25)34(3,32)33)29-15-12-28(13-16-29)14-17-31-26-22-8-5-6-9-23(22)27-31/h5-6,8-9,18H,10-17H2,1-3H3. The monoisotopic (exact) mass is 478 g/mol. The fourth-order valence-electron chi connectivity index (χ4n) is 5.03. The Kier molecular flexibility index (Phi) is 5.96. The van der Waals surface area contributed by atoms with Crippen molar-refractivity contribution >= 4 is 32.4 Å². The Morgan fingerprint density at radius 2 is 1.65 bits per heavy atom. The molecule has 0 N–H and O–H groups in total. The van der Waals surface area contributed by atoms with E-state index >= 15 is 0 Å². The summed E-state index contributed by atoms with van der Waals surface area (Å²) in [6.07, 6.45) is 1.99. The normalized spacial score (nSPS) is 16.6. The average Bonchev–Trinajstić information content (AvgIpc) is 3.43. The fourth-order valence-corrected chi connectivity index (χ4v) is 5.97. The van der Waals surface area contributed by atoms with Crippen LogP contribution in [0.5, 0.6) is 0 Å². The minimum Gasteiger partial charge on any atom is -0.369 e. The van der Waals surface area contributed by atoms with E-state index in [1.165, 1.54) is 10.6 Å². The van der Waals surface area contributed by atoms with Gasteiger partial charge in [0.1, 0.15) is 11.0 Å². The van der Waals surface area contributed by atoms with Crippen LogP contribution in [0.1, 0.15) is 23.6 Å². The highest BCUT2D eigenvalue weighted by Gasteiger charge is 2.31. The molecule has 178 valence electrons. The quantitative estimate of drug-likeness (QED) is 0.524. The maximum absolute atomic E-state index is 12.4. The van der Waals surface area contributed by atoms with Crippen LogP contribution in [0, 0.1) is 18.8 Å². The lowest BCUT2D eigenvalue weighted by Gasteiger charge is -2.37. The molecule has 2 aliphatic rings. The third-order valence-corrected chi connectivity index (χ3v) is 7.96. The molecule has 1 aromatic heterocycles. The molecule has 0 amide bonds. The number of rotatable bonds is 5. The number of piperazine rings is 1. The van der Waals surface area contributed by atoms with Crippen molar-refractivity contribution in [1.82, 2.24) is 19.9 Å². The largest absolute Gasteiger partial charge is 0.369 e. The zero-order chi connectivity index (χ0) is 23.9. The topological polar surface area (TPSA) is 74.6 Å². The van der Waals surface area contributed by atoms with E-state index < -0.39 is 10.0 Å². The van der Waals surface area contributed by atoms with Gasteiger partial charge in [-0.1, -0.05) is 18.1 Å². The van der Waals surface area contributed by atoms with Gasteiger partial charge in [-0.2, -0.15) is 15.0 Å². The molecule has 0 atom stereocenters. The molecule has 0 radical (unpaired) electrons. The Balaban J connectivity index is 1.31. The van der Waals surface area contributed by atoms with Crippen LogP contribution in [0.15, 0.2) is 30.3 Å². The molecule has 2 aliphatic heterocycles. The number of hydrogen-bond acceptors (Lipinski definition) is 6. The molecule has 0 unspecified atom stereocenters. The minimum absolute atomic E-state index is 0.486. The predicted octanol–water partition coefficient (Wildman–Crippen LogP) is 2.26. The number of hydrogen-bond donors (Lipinski definition) is 0. The van der Waals surface area contributed by atoms with Crippen molar-refractivity contribution in [3.63, 3.8) is 0 Å². The molecule has 2 aromatic carbocycles. The number of benzene rings is 2. The Morgan fingerprint density at radius 1 is 0.971 bits per heavy atom. The van der Waals surface area contributed by atoms with Crippen LogP contribution < -0.4 is 9.21 Å². The van der Waals surface area contributed by atoms with Crippen molar-refractivity contribution in [1.29, 1.82) is 0 Å². The van der Waals surface area contributed by atoms with Crippen molar-refractivity contribution in [2.24, 2.45) is 0 Å². The van der Waals surface area contributed by atoms with Crippen molar-refractivity contribution in [3.8, 4) is 11.8 Å². The summed E-state index contributed by atoms with van der Waals surface area (Å²) in [6, 6.07) is 9.99. The smallest absolute Gasteiger partial charge is 0.232 e. The third-order valence-electron chi connectivity index (χ3n) is 6.78. The van der Waals surface area contributed by atoms with Gasteiger partial charge in [-0.15, -0.1) is 5.92 Å². The molecule has 3 aromatic rings. The number of nitrogens with zero attached hydrogens (tertiary/aromatic N) is 6. The molecule has 34 heavy (non-hydrogen) atoms.